The van der Waals surface area contributed by atoms with Gasteiger partial charge in [-0.2, -0.15) is 0 Å². The van der Waals surface area contributed by atoms with Crippen LogP contribution in [0.25, 0.3) is 0 Å². The molecule has 0 aromatic heterocycles. The van der Waals surface area contributed by atoms with E-state index < -0.39 is 5.54 Å². The lowest BCUT2D eigenvalue weighted by Crippen LogP contribution is -2.51. The number of ether oxygens (including phenoxy) is 1. The molecule has 0 saturated heterocycles. The molecule has 0 heterocycles. The SMILES string of the molecule is CCNC(=O)COc1ccc(NC(=O)C2CCCCC2(C)N)cc1. The van der Waals surface area contributed by atoms with Crippen LogP contribution in [0.1, 0.15) is 39.5 Å². The first-order valence-electron chi connectivity index (χ1n) is 8.51. The molecule has 4 N–H and O–H groups in total. The van der Waals surface area contributed by atoms with Crippen molar-refractivity contribution in [2.24, 2.45) is 11.7 Å². The predicted molar refractivity (Wildman–Crippen MR) is 93.8 cm³/mol. The third-order valence-electron chi connectivity index (χ3n) is 4.44. The number of likely N-dealkylation sites (N-methyl/N-ethyl adjacent to an activating group) is 1. The van der Waals surface area contributed by atoms with E-state index in [1.807, 2.05) is 13.8 Å². The highest BCUT2D eigenvalue weighted by atomic mass is 16.5. The first-order valence-corrected chi connectivity index (χ1v) is 8.51. The van der Waals surface area contributed by atoms with E-state index in [1.54, 1.807) is 24.3 Å². The molecule has 6 heteroatoms. The molecule has 2 amide bonds. The Morgan fingerprint density at radius 1 is 1.29 bits per heavy atom. The normalized spacial score (nSPS) is 23.4. The molecule has 2 unspecified atom stereocenters. The summed E-state index contributed by atoms with van der Waals surface area (Å²) in [6, 6.07) is 7.00. The van der Waals surface area contributed by atoms with E-state index in [9.17, 15) is 9.59 Å². The molecule has 2 atom stereocenters. The smallest absolute Gasteiger partial charge is 0.257 e. The van der Waals surface area contributed by atoms with Gasteiger partial charge in [0.2, 0.25) is 5.91 Å². The van der Waals surface area contributed by atoms with E-state index in [4.69, 9.17) is 10.5 Å². The van der Waals surface area contributed by atoms with Gasteiger partial charge in [-0.05, 0) is 51.0 Å². The summed E-state index contributed by atoms with van der Waals surface area (Å²) in [5, 5.41) is 5.59. The van der Waals surface area contributed by atoms with Crippen molar-refractivity contribution < 1.29 is 14.3 Å². The molecule has 1 aromatic carbocycles. The van der Waals surface area contributed by atoms with Crippen molar-refractivity contribution in [2.75, 3.05) is 18.5 Å². The van der Waals surface area contributed by atoms with E-state index in [1.165, 1.54) is 0 Å². The number of carbonyl (C=O) groups excluding carboxylic acids is 2. The lowest BCUT2D eigenvalue weighted by Gasteiger charge is -2.37. The summed E-state index contributed by atoms with van der Waals surface area (Å²) < 4.78 is 5.38. The van der Waals surface area contributed by atoms with Gasteiger partial charge in [0, 0.05) is 17.8 Å². The Labute approximate surface area is 143 Å². The Hall–Kier alpha value is -2.08. The topological polar surface area (TPSA) is 93.5 Å². The first kappa shape index (κ1) is 18.3. The van der Waals surface area contributed by atoms with Crippen LogP contribution >= 0.6 is 0 Å². The maximum Gasteiger partial charge on any atom is 0.257 e. The summed E-state index contributed by atoms with van der Waals surface area (Å²) in [4.78, 5) is 23.8. The van der Waals surface area contributed by atoms with Gasteiger partial charge in [0.15, 0.2) is 6.61 Å². The number of hydrogen-bond acceptors (Lipinski definition) is 4. The van der Waals surface area contributed by atoms with Gasteiger partial charge in [-0.3, -0.25) is 9.59 Å². The molecule has 1 aliphatic rings. The van der Waals surface area contributed by atoms with Crippen LogP contribution < -0.4 is 21.1 Å². The number of hydrogen-bond donors (Lipinski definition) is 3. The van der Waals surface area contributed by atoms with Gasteiger partial charge < -0.3 is 21.1 Å². The maximum absolute atomic E-state index is 12.5. The minimum absolute atomic E-state index is 0.0207. The number of nitrogens with one attached hydrogen (secondary N) is 2. The van der Waals surface area contributed by atoms with Crippen molar-refractivity contribution in [1.82, 2.24) is 5.32 Å². The lowest BCUT2D eigenvalue weighted by atomic mass is 9.74. The average molecular weight is 333 g/mol. The predicted octanol–water partition coefficient (Wildman–Crippen LogP) is 2.05. The standard InChI is InChI=1S/C18H27N3O3/c1-3-20-16(22)12-24-14-9-7-13(8-10-14)21-17(23)15-6-4-5-11-18(15,2)19/h7-10,15H,3-6,11-12,19H2,1-2H3,(H,20,22)(H,21,23). The quantitative estimate of drug-likeness (QED) is 0.743. The van der Waals surface area contributed by atoms with Crippen LogP contribution in [0.4, 0.5) is 5.69 Å². The van der Waals surface area contributed by atoms with Crippen LogP contribution in [-0.2, 0) is 9.59 Å². The zero-order chi connectivity index (χ0) is 17.6. The second-order valence-electron chi connectivity index (χ2n) is 6.56. The zero-order valence-corrected chi connectivity index (χ0v) is 14.4. The Balaban J connectivity index is 1.89. The number of amides is 2. The molecule has 0 radical (unpaired) electrons. The Morgan fingerprint density at radius 3 is 2.62 bits per heavy atom. The van der Waals surface area contributed by atoms with Crippen LogP contribution in [0.3, 0.4) is 0 Å². The first-order chi connectivity index (χ1) is 11.4. The van der Waals surface area contributed by atoms with Gasteiger partial charge in [0.25, 0.3) is 5.91 Å². The van der Waals surface area contributed by atoms with Crippen molar-refractivity contribution in [1.29, 1.82) is 0 Å². The van der Waals surface area contributed by atoms with Crippen LogP contribution in [0, 0.1) is 5.92 Å². The van der Waals surface area contributed by atoms with Crippen molar-refractivity contribution >= 4 is 17.5 Å². The van der Waals surface area contributed by atoms with Gasteiger partial charge in [0.05, 0.1) is 5.92 Å². The number of benzene rings is 1. The van der Waals surface area contributed by atoms with E-state index in [0.29, 0.717) is 18.0 Å². The molecule has 132 valence electrons. The van der Waals surface area contributed by atoms with E-state index in [2.05, 4.69) is 10.6 Å². The second-order valence-corrected chi connectivity index (χ2v) is 6.56. The van der Waals surface area contributed by atoms with Crippen LogP contribution in [0.5, 0.6) is 5.75 Å². The van der Waals surface area contributed by atoms with Crippen molar-refractivity contribution in [2.45, 2.75) is 45.1 Å². The molecule has 0 spiro atoms. The third kappa shape index (κ3) is 4.96. The average Bonchev–Trinajstić information content (AvgIpc) is 2.54. The van der Waals surface area contributed by atoms with Gasteiger partial charge in [-0.1, -0.05) is 12.8 Å². The summed E-state index contributed by atoms with van der Waals surface area (Å²) in [5.74, 6) is 0.227. The Morgan fingerprint density at radius 2 is 2.00 bits per heavy atom. The van der Waals surface area contributed by atoms with Crippen molar-refractivity contribution in [3.8, 4) is 5.75 Å². The molecule has 0 bridgehead atoms. The van der Waals surface area contributed by atoms with Crippen LogP contribution in [0.15, 0.2) is 24.3 Å². The van der Waals surface area contributed by atoms with Gasteiger partial charge in [-0.25, -0.2) is 0 Å². The van der Waals surface area contributed by atoms with E-state index >= 15 is 0 Å². The van der Waals surface area contributed by atoms with Gasteiger partial charge in [0.1, 0.15) is 5.75 Å². The molecule has 6 nitrogen and oxygen atoms in total. The highest BCUT2D eigenvalue weighted by Crippen LogP contribution is 2.32. The van der Waals surface area contributed by atoms with Gasteiger partial charge >= 0.3 is 0 Å². The van der Waals surface area contributed by atoms with Gasteiger partial charge in [-0.15, -0.1) is 0 Å². The van der Waals surface area contributed by atoms with Crippen LogP contribution in [0.2, 0.25) is 0 Å². The molecular weight excluding hydrogens is 306 g/mol. The summed E-state index contributed by atoms with van der Waals surface area (Å²) in [6.45, 7) is 4.37. The highest BCUT2D eigenvalue weighted by molar-refractivity contribution is 5.93. The molecular formula is C18H27N3O3. The molecule has 1 aliphatic carbocycles. The number of rotatable bonds is 6. The Kier molecular flexibility index (Phi) is 6.20. The third-order valence-corrected chi connectivity index (χ3v) is 4.44. The Bertz CT molecular complexity index is 569. The fourth-order valence-electron chi connectivity index (χ4n) is 3.05. The molecule has 1 fully saturated rings. The molecule has 24 heavy (non-hydrogen) atoms. The largest absolute Gasteiger partial charge is 0.484 e. The number of nitrogens with two attached hydrogens (primary N) is 1. The summed E-state index contributed by atoms with van der Waals surface area (Å²) in [6.07, 6.45) is 3.82. The summed E-state index contributed by atoms with van der Waals surface area (Å²) >= 11 is 0. The number of anilines is 1. The maximum atomic E-state index is 12.5. The van der Waals surface area contributed by atoms with Crippen LogP contribution in [-0.4, -0.2) is 30.5 Å². The van der Waals surface area contributed by atoms with Crippen molar-refractivity contribution in [3.05, 3.63) is 24.3 Å². The minimum Gasteiger partial charge on any atom is -0.484 e. The van der Waals surface area contributed by atoms with E-state index in [-0.39, 0.29) is 24.3 Å². The number of carbonyl (C=O) groups is 2. The lowest BCUT2D eigenvalue weighted by molar-refractivity contribution is -0.123. The second kappa shape index (κ2) is 8.15. The molecule has 1 aromatic rings. The van der Waals surface area contributed by atoms with Crippen molar-refractivity contribution in [3.63, 3.8) is 0 Å². The summed E-state index contributed by atoms with van der Waals surface area (Å²) in [5.41, 5.74) is 6.53. The molecule has 2 rings (SSSR count). The molecule has 0 aliphatic heterocycles. The highest BCUT2D eigenvalue weighted by Gasteiger charge is 2.37. The fraction of sp³-hybridized carbons (Fsp3) is 0.556. The van der Waals surface area contributed by atoms with E-state index in [0.717, 1.165) is 25.7 Å². The fourth-order valence-corrected chi connectivity index (χ4v) is 3.05. The molecule has 1 saturated carbocycles. The monoisotopic (exact) mass is 333 g/mol. The zero-order valence-electron chi connectivity index (χ0n) is 14.4. The summed E-state index contributed by atoms with van der Waals surface area (Å²) in [7, 11) is 0. The minimum atomic E-state index is -0.446.